The summed E-state index contributed by atoms with van der Waals surface area (Å²) < 4.78 is 5.47. The Morgan fingerprint density at radius 2 is 2.06 bits per heavy atom. The summed E-state index contributed by atoms with van der Waals surface area (Å²) in [6, 6.07) is 6.46. The third-order valence-electron chi connectivity index (χ3n) is 3.91. The fourth-order valence-electron chi connectivity index (χ4n) is 2.72. The minimum Gasteiger partial charge on any atom is -0.356 e. The van der Waals surface area contributed by atoms with Crippen molar-refractivity contribution in [3.63, 3.8) is 0 Å². The van der Waals surface area contributed by atoms with Gasteiger partial charge in [-0.3, -0.25) is 0 Å². The maximum atomic E-state index is 5.47. The van der Waals surface area contributed by atoms with E-state index in [-0.39, 0.29) is 0 Å². The number of rotatable bonds is 2. The molecule has 1 aromatic carbocycles. The molecular weight excluding hydrogens is 224 g/mol. The summed E-state index contributed by atoms with van der Waals surface area (Å²) >= 11 is 0. The Labute approximate surface area is 108 Å². The second kappa shape index (κ2) is 4.73. The van der Waals surface area contributed by atoms with Gasteiger partial charge in [0.1, 0.15) is 0 Å². The van der Waals surface area contributed by atoms with Crippen LogP contribution in [0.25, 0.3) is 11.0 Å². The fourth-order valence-corrected chi connectivity index (χ4v) is 2.72. The largest absolute Gasteiger partial charge is 0.356 e. The van der Waals surface area contributed by atoms with Crippen molar-refractivity contribution in [3.05, 3.63) is 29.5 Å². The molecule has 18 heavy (non-hydrogen) atoms. The van der Waals surface area contributed by atoms with Gasteiger partial charge in [0.15, 0.2) is 5.58 Å². The summed E-state index contributed by atoms with van der Waals surface area (Å²) in [5.74, 6) is 1.10. The van der Waals surface area contributed by atoms with Gasteiger partial charge in [0.05, 0.1) is 5.69 Å². The predicted octanol–water partition coefficient (Wildman–Crippen LogP) is 3.42. The highest BCUT2D eigenvalue weighted by atomic mass is 16.5. The average Bonchev–Trinajstić information content (AvgIpc) is 2.82. The van der Waals surface area contributed by atoms with Gasteiger partial charge < -0.3 is 9.84 Å². The van der Waals surface area contributed by atoms with Crippen LogP contribution in [0.1, 0.15) is 49.8 Å². The zero-order valence-electron chi connectivity index (χ0n) is 11.1. The molecule has 0 spiro atoms. The summed E-state index contributed by atoms with van der Waals surface area (Å²) in [6.45, 7) is 6.61. The van der Waals surface area contributed by atoms with Crippen molar-refractivity contribution in [2.45, 2.75) is 38.5 Å². The smallest absolute Gasteiger partial charge is 0.167 e. The molecule has 0 unspecified atom stereocenters. The average molecular weight is 244 g/mol. The molecule has 3 heteroatoms. The molecule has 0 aliphatic carbocycles. The Morgan fingerprint density at radius 3 is 2.78 bits per heavy atom. The van der Waals surface area contributed by atoms with Crippen molar-refractivity contribution in [1.29, 1.82) is 0 Å². The lowest BCUT2D eigenvalue weighted by atomic mass is 9.91. The number of nitrogens with one attached hydrogen (secondary N) is 1. The van der Waals surface area contributed by atoms with Gasteiger partial charge in [-0.2, -0.15) is 0 Å². The third-order valence-corrected chi connectivity index (χ3v) is 3.91. The van der Waals surface area contributed by atoms with Crippen LogP contribution in [0, 0.1) is 0 Å². The molecule has 96 valence electrons. The molecular formula is C15H20N2O. The Bertz CT molecular complexity index is 538. The Hall–Kier alpha value is -1.35. The number of fused-ring (bicyclic) bond motifs is 1. The SMILES string of the molecule is CC(C)c1ccc2onc(C3CCNCC3)c2c1. The molecule has 0 bridgehead atoms. The number of benzene rings is 1. The van der Waals surface area contributed by atoms with Gasteiger partial charge in [-0.1, -0.05) is 25.1 Å². The van der Waals surface area contributed by atoms with Crippen LogP contribution in [0.2, 0.25) is 0 Å². The zero-order valence-corrected chi connectivity index (χ0v) is 11.1. The van der Waals surface area contributed by atoms with E-state index in [1.54, 1.807) is 0 Å². The summed E-state index contributed by atoms with van der Waals surface area (Å²) in [5.41, 5.74) is 3.45. The van der Waals surface area contributed by atoms with E-state index in [4.69, 9.17) is 4.52 Å². The van der Waals surface area contributed by atoms with Crippen molar-refractivity contribution in [2.75, 3.05) is 13.1 Å². The molecule has 0 atom stereocenters. The van der Waals surface area contributed by atoms with Gasteiger partial charge in [-0.05, 0) is 49.5 Å². The molecule has 1 saturated heterocycles. The third kappa shape index (κ3) is 2.03. The van der Waals surface area contributed by atoms with Gasteiger partial charge in [0, 0.05) is 11.3 Å². The molecule has 3 nitrogen and oxygen atoms in total. The molecule has 2 heterocycles. The number of piperidine rings is 1. The molecule has 1 fully saturated rings. The van der Waals surface area contributed by atoms with Crippen molar-refractivity contribution in [1.82, 2.24) is 10.5 Å². The van der Waals surface area contributed by atoms with Crippen molar-refractivity contribution in [2.24, 2.45) is 0 Å². The van der Waals surface area contributed by atoms with Crippen LogP contribution < -0.4 is 5.32 Å². The van der Waals surface area contributed by atoms with Gasteiger partial charge >= 0.3 is 0 Å². The van der Waals surface area contributed by atoms with Gasteiger partial charge in [0.25, 0.3) is 0 Å². The highest BCUT2D eigenvalue weighted by Gasteiger charge is 2.21. The van der Waals surface area contributed by atoms with E-state index >= 15 is 0 Å². The zero-order chi connectivity index (χ0) is 12.5. The summed E-state index contributed by atoms with van der Waals surface area (Å²) in [5, 5.41) is 8.93. The first-order valence-electron chi connectivity index (χ1n) is 6.85. The molecule has 1 aliphatic heterocycles. The molecule has 1 aromatic heterocycles. The van der Waals surface area contributed by atoms with Crippen molar-refractivity contribution >= 4 is 11.0 Å². The second-order valence-corrected chi connectivity index (χ2v) is 5.50. The fraction of sp³-hybridized carbons (Fsp3) is 0.533. The van der Waals surface area contributed by atoms with Crippen LogP contribution in [-0.2, 0) is 0 Å². The lowest BCUT2D eigenvalue weighted by Gasteiger charge is -2.20. The summed E-state index contributed by atoms with van der Waals surface area (Å²) in [7, 11) is 0. The molecule has 0 amide bonds. The maximum absolute atomic E-state index is 5.47. The molecule has 0 saturated carbocycles. The lowest BCUT2D eigenvalue weighted by Crippen LogP contribution is -2.26. The Morgan fingerprint density at radius 1 is 1.28 bits per heavy atom. The Balaban J connectivity index is 2.03. The topological polar surface area (TPSA) is 38.1 Å². The van der Waals surface area contributed by atoms with E-state index in [0.29, 0.717) is 11.8 Å². The molecule has 1 aliphatic rings. The molecule has 3 rings (SSSR count). The second-order valence-electron chi connectivity index (χ2n) is 5.50. The van der Waals surface area contributed by atoms with Crippen molar-refractivity contribution < 1.29 is 4.52 Å². The summed E-state index contributed by atoms with van der Waals surface area (Å²) in [6.07, 6.45) is 2.32. The van der Waals surface area contributed by atoms with E-state index in [0.717, 1.165) is 37.2 Å². The highest BCUT2D eigenvalue weighted by molar-refractivity contribution is 5.80. The Kier molecular flexibility index (Phi) is 3.08. The first kappa shape index (κ1) is 11.7. The number of hydrogen-bond donors (Lipinski definition) is 1. The van der Waals surface area contributed by atoms with Gasteiger partial charge in [-0.25, -0.2) is 0 Å². The van der Waals surface area contributed by atoms with E-state index in [9.17, 15) is 0 Å². The normalized spacial score (nSPS) is 17.7. The van der Waals surface area contributed by atoms with Crippen LogP contribution in [0.3, 0.4) is 0 Å². The highest BCUT2D eigenvalue weighted by Crippen LogP contribution is 2.32. The summed E-state index contributed by atoms with van der Waals surface area (Å²) in [4.78, 5) is 0. The van der Waals surface area contributed by atoms with Crippen molar-refractivity contribution in [3.8, 4) is 0 Å². The molecule has 1 N–H and O–H groups in total. The monoisotopic (exact) mass is 244 g/mol. The quantitative estimate of drug-likeness (QED) is 0.879. The van der Waals surface area contributed by atoms with Crippen LogP contribution >= 0.6 is 0 Å². The minimum atomic E-state index is 0.546. The number of hydrogen-bond acceptors (Lipinski definition) is 3. The molecule has 0 radical (unpaired) electrons. The molecule has 2 aromatic rings. The van der Waals surface area contributed by atoms with Gasteiger partial charge in [-0.15, -0.1) is 0 Å². The van der Waals surface area contributed by atoms with Crippen LogP contribution in [0.15, 0.2) is 22.7 Å². The number of nitrogens with zero attached hydrogens (tertiary/aromatic N) is 1. The first-order chi connectivity index (χ1) is 8.75. The first-order valence-corrected chi connectivity index (χ1v) is 6.85. The maximum Gasteiger partial charge on any atom is 0.167 e. The minimum absolute atomic E-state index is 0.546. The van der Waals surface area contributed by atoms with E-state index in [1.165, 1.54) is 10.9 Å². The van der Waals surface area contributed by atoms with Crippen LogP contribution in [-0.4, -0.2) is 18.2 Å². The predicted molar refractivity (Wildman–Crippen MR) is 72.9 cm³/mol. The van der Waals surface area contributed by atoms with Gasteiger partial charge in [0.2, 0.25) is 0 Å². The van der Waals surface area contributed by atoms with E-state index < -0.39 is 0 Å². The standard InChI is InChI=1S/C15H20N2O/c1-10(2)12-3-4-14-13(9-12)15(17-18-14)11-5-7-16-8-6-11/h3-4,9-11,16H,5-8H2,1-2H3. The van der Waals surface area contributed by atoms with E-state index in [2.05, 4.69) is 42.5 Å². The lowest BCUT2D eigenvalue weighted by molar-refractivity contribution is 0.404. The van der Waals surface area contributed by atoms with Crippen LogP contribution in [0.5, 0.6) is 0 Å². The van der Waals surface area contributed by atoms with Crippen LogP contribution in [0.4, 0.5) is 0 Å². The number of aromatic nitrogens is 1. The van der Waals surface area contributed by atoms with E-state index in [1.807, 2.05) is 0 Å².